The molecule has 1 amide bonds. The van der Waals surface area contributed by atoms with Gasteiger partial charge in [0.1, 0.15) is 0 Å². The van der Waals surface area contributed by atoms with Crippen LogP contribution in [-0.2, 0) is 11.2 Å². The van der Waals surface area contributed by atoms with E-state index in [1.165, 1.54) is 18.1 Å². The summed E-state index contributed by atoms with van der Waals surface area (Å²) in [5.41, 5.74) is 3.80. The number of carbonyl (C=O) groups is 2. The van der Waals surface area contributed by atoms with Gasteiger partial charge in [0, 0.05) is 12.0 Å². The molecule has 2 aromatic rings. The van der Waals surface area contributed by atoms with Gasteiger partial charge in [-0.25, -0.2) is 0 Å². The van der Waals surface area contributed by atoms with E-state index in [9.17, 15) is 9.59 Å². The predicted octanol–water partition coefficient (Wildman–Crippen LogP) is 3.95. The van der Waals surface area contributed by atoms with E-state index in [-0.39, 0.29) is 17.6 Å². The van der Waals surface area contributed by atoms with Crippen molar-refractivity contribution in [1.82, 2.24) is 0 Å². The number of benzene rings is 2. The van der Waals surface area contributed by atoms with Crippen LogP contribution < -0.4 is 5.32 Å². The number of Topliss-reactive ketones (excluding diaryl/α,β-unsaturated/α-hetero) is 1. The molecule has 3 nitrogen and oxygen atoms in total. The quantitative estimate of drug-likeness (QED) is 0.868. The van der Waals surface area contributed by atoms with E-state index in [1.807, 2.05) is 18.2 Å². The highest BCUT2D eigenvalue weighted by atomic mass is 16.1. The molecule has 22 heavy (non-hydrogen) atoms. The zero-order chi connectivity index (χ0) is 15.5. The largest absolute Gasteiger partial charge is 0.325 e. The summed E-state index contributed by atoms with van der Waals surface area (Å²) in [6.07, 6.45) is 2.52. The van der Waals surface area contributed by atoms with Gasteiger partial charge in [0.2, 0.25) is 5.91 Å². The van der Waals surface area contributed by atoms with Gasteiger partial charge in [-0.05, 0) is 48.9 Å². The van der Waals surface area contributed by atoms with Gasteiger partial charge in [-0.2, -0.15) is 0 Å². The van der Waals surface area contributed by atoms with Crippen LogP contribution in [0.25, 0.3) is 0 Å². The Kier molecular flexibility index (Phi) is 4.05. The van der Waals surface area contributed by atoms with E-state index < -0.39 is 0 Å². The third-order valence-electron chi connectivity index (χ3n) is 4.27. The summed E-state index contributed by atoms with van der Waals surface area (Å²) in [6, 6.07) is 15.5. The molecular formula is C19H19NO2. The Morgan fingerprint density at radius 1 is 1.09 bits per heavy atom. The average Bonchev–Trinajstić information content (AvgIpc) is 2.91. The van der Waals surface area contributed by atoms with Crippen molar-refractivity contribution in [2.45, 2.75) is 32.1 Å². The Balaban J connectivity index is 1.71. The van der Waals surface area contributed by atoms with Crippen LogP contribution in [0, 0.1) is 0 Å². The first kappa shape index (κ1) is 14.5. The van der Waals surface area contributed by atoms with E-state index >= 15 is 0 Å². The van der Waals surface area contributed by atoms with Crippen LogP contribution >= 0.6 is 0 Å². The molecule has 0 radical (unpaired) electrons. The Bertz CT molecular complexity index is 721. The molecule has 0 aromatic heterocycles. The third-order valence-corrected chi connectivity index (χ3v) is 4.27. The van der Waals surface area contributed by atoms with Crippen LogP contribution in [-0.4, -0.2) is 11.7 Å². The minimum atomic E-state index is -0.0397. The lowest BCUT2D eigenvalue weighted by molar-refractivity contribution is -0.116. The number of anilines is 1. The number of hydrogen-bond donors (Lipinski definition) is 1. The second kappa shape index (κ2) is 6.14. The highest BCUT2D eigenvalue weighted by molar-refractivity contribution is 6.03. The number of para-hydroxylation sites is 1. The molecule has 1 aliphatic rings. The molecule has 112 valence electrons. The molecule has 0 saturated heterocycles. The number of ketones is 1. The van der Waals surface area contributed by atoms with Gasteiger partial charge in [-0.3, -0.25) is 9.59 Å². The van der Waals surface area contributed by atoms with Crippen molar-refractivity contribution in [1.29, 1.82) is 0 Å². The molecule has 1 N–H and O–H groups in total. The Morgan fingerprint density at radius 2 is 1.82 bits per heavy atom. The monoisotopic (exact) mass is 293 g/mol. The van der Waals surface area contributed by atoms with Crippen molar-refractivity contribution in [3.63, 3.8) is 0 Å². The van der Waals surface area contributed by atoms with Crippen molar-refractivity contribution in [2.75, 3.05) is 5.32 Å². The van der Waals surface area contributed by atoms with Crippen LogP contribution in [0.5, 0.6) is 0 Å². The van der Waals surface area contributed by atoms with Gasteiger partial charge < -0.3 is 5.32 Å². The van der Waals surface area contributed by atoms with Gasteiger partial charge in [-0.1, -0.05) is 36.4 Å². The van der Waals surface area contributed by atoms with Crippen molar-refractivity contribution in [2.24, 2.45) is 0 Å². The van der Waals surface area contributed by atoms with E-state index in [0.717, 1.165) is 12.8 Å². The molecule has 1 unspecified atom stereocenters. The lowest BCUT2D eigenvalue weighted by Gasteiger charge is -2.13. The van der Waals surface area contributed by atoms with Crippen LogP contribution in [0.1, 0.15) is 47.2 Å². The van der Waals surface area contributed by atoms with Crippen molar-refractivity contribution in [3.8, 4) is 0 Å². The van der Waals surface area contributed by atoms with Gasteiger partial charge in [0.05, 0.1) is 5.69 Å². The van der Waals surface area contributed by atoms with Gasteiger partial charge in [0.15, 0.2) is 5.78 Å². The Morgan fingerprint density at radius 3 is 2.64 bits per heavy atom. The number of rotatable bonds is 4. The predicted molar refractivity (Wildman–Crippen MR) is 87.2 cm³/mol. The summed E-state index contributed by atoms with van der Waals surface area (Å²) in [5, 5.41) is 2.89. The molecule has 0 heterocycles. The van der Waals surface area contributed by atoms with Crippen molar-refractivity contribution < 1.29 is 9.59 Å². The van der Waals surface area contributed by atoms with E-state index in [0.29, 0.717) is 17.7 Å². The first-order valence-electron chi connectivity index (χ1n) is 7.63. The van der Waals surface area contributed by atoms with Crippen LogP contribution in [0.4, 0.5) is 5.69 Å². The molecule has 2 aromatic carbocycles. The second-order valence-corrected chi connectivity index (χ2v) is 5.79. The first-order chi connectivity index (χ1) is 10.6. The minimum absolute atomic E-state index is 0.0320. The van der Waals surface area contributed by atoms with Crippen molar-refractivity contribution >= 4 is 17.4 Å². The molecule has 0 fully saturated rings. The lowest BCUT2D eigenvalue weighted by atomic mass is 9.97. The molecular weight excluding hydrogens is 274 g/mol. The number of hydrogen-bond acceptors (Lipinski definition) is 2. The average molecular weight is 293 g/mol. The van der Waals surface area contributed by atoms with Crippen LogP contribution in [0.3, 0.4) is 0 Å². The SMILES string of the molecule is CC(=O)c1ccccc1NC(=O)CC1CCc2ccccc21. The minimum Gasteiger partial charge on any atom is -0.325 e. The standard InChI is InChI=1S/C19H19NO2/c1-13(21)16-7-4-5-9-18(16)20-19(22)12-15-11-10-14-6-2-3-8-17(14)15/h2-9,15H,10-12H2,1H3,(H,20,22). The van der Waals surface area contributed by atoms with Crippen LogP contribution in [0.15, 0.2) is 48.5 Å². The normalized spacial score (nSPS) is 16.1. The number of amides is 1. The molecule has 3 rings (SSSR count). The number of nitrogens with one attached hydrogen (secondary N) is 1. The van der Waals surface area contributed by atoms with Gasteiger partial charge in [-0.15, -0.1) is 0 Å². The van der Waals surface area contributed by atoms with E-state index in [4.69, 9.17) is 0 Å². The number of carbonyl (C=O) groups excluding carboxylic acids is 2. The highest BCUT2D eigenvalue weighted by Crippen LogP contribution is 2.35. The molecule has 0 bridgehead atoms. The number of fused-ring (bicyclic) bond motifs is 1. The fraction of sp³-hybridized carbons (Fsp3) is 0.263. The second-order valence-electron chi connectivity index (χ2n) is 5.79. The first-order valence-corrected chi connectivity index (χ1v) is 7.63. The maximum Gasteiger partial charge on any atom is 0.225 e. The molecule has 0 aliphatic heterocycles. The van der Waals surface area contributed by atoms with Crippen molar-refractivity contribution in [3.05, 3.63) is 65.2 Å². The van der Waals surface area contributed by atoms with E-state index in [2.05, 4.69) is 17.4 Å². The molecule has 1 atom stereocenters. The maximum atomic E-state index is 12.3. The Hall–Kier alpha value is -2.42. The number of aryl methyl sites for hydroxylation is 1. The third kappa shape index (κ3) is 2.93. The molecule has 0 saturated carbocycles. The molecule has 3 heteroatoms. The molecule has 1 aliphatic carbocycles. The maximum absolute atomic E-state index is 12.3. The van der Waals surface area contributed by atoms with Crippen LogP contribution in [0.2, 0.25) is 0 Å². The summed E-state index contributed by atoms with van der Waals surface area (Å²) >= 11 is 0. The zero-order valence-corrected chi connectivity index (χ0v) is 12.6. The Labute approximate surface area is 130 Å². The summed E-state index contributed by atoms with van der Waals surface area (Å²) in [4.78, 5) is 23.9. The fourth-order valence-corrected chi connectivity index (χ4v) is 3.18. The van der Waals surface area contributed by atoms with Gasteiger partial charge in [0.25, 0.3) is 0 Å². The topological polar surface area (TPSA) is 46.2 Å². The lowest BCUT2D eigenvalue weighted by Crippen LogP contribution is -2.16. The highest BCUT2D eigenvalue weighted by Gasteiger charge is 2.24. The smallest absolute Gasteiger partial charge is 0.225 e. The summed E-state index contributed by atoms with van der Waals surface area (Å²) in [6.45, 7) is 1.51. The fourth-order valence-electron chi connectivity index (χ4n) is 3.18. The van der Waals surface area contributed by atoms with Gasteiger partial charge >= 0.3 is 0 Å². The summed E-state index contributed by atoms with van der Waals surface area (Å²) in [7, 11) is 0. The zero-order valence-electron chi connectivity index (χ0n) is 12.6. The summed E-state index contributed by atoms with van der Waals surface area (Å²) < 4.78 is 0. The molecule has 0 spiro atoms. The summed E-state index contributed by atoms with van der Waals surface area (Å²) in [5.74, 6) is 0.207. The van der Waals surface area contributed by atoms with E-state index in [1.54, 1.807) is 18.2 Å².